The van der Waals surface area contributed by atoms with Crippen molar-refractivity contribution in [3.05, 3.63) is 35.0 Å². The monoisotopic (exact) mass is 265 g/mol. The zero-order chi connectivity index (χ0) is 13.1. The van der Waals surface area contributed by atoms with Gasteiger partial charge in [-0.1, -0.05) is 18.5 Å². The van der Waals surface area contributed by atoms with Gasteiger partial charge in [0.05, 0.1) is 11.3 Å². The minimum Gasteiger partial charge on any atom is -0.304 e. The van der Waals surface area contributed by atoms with Crippen LogP contribution in [0.25, 0.3) is 0 Å². The Balaban J connectivity index is 2.25. The quantitative estimate of drug-likeness (QED) is 0.916. The van der Waals surface area contributed by atoms with Gasteiger partial charge in [0.2, 0.25) is 0 Å². The third-order valence-corrected chi connectivity index (χ3v) is 2.65. The van der Waals surface area contributed by atoms with Crippen LogP contribution in [0.4, 0.5) is 5.82 Å². The summed E-state index contributed by atoms with van der Waals surface area (Å²) >= 11 is 5.83. The Morgan fingerprint density at radius 3 is 2.83 bits per heavy atom. The van der Waals surface area contributed by atoms with Gasteiger partial charge >= 0.3 is 0 Å². The number of aryl methyl sites for hydroxylation is 2. The first-order valence-corrected chi connectivity index (χ1v) is 5.80. The van der Waals surface area contributed by atoms with Crippen LogP contribution in [0.1, 0.15) is 23.0 Å². The number of anilines is 1. The molecule has 1 N–H and O–H groups in total. The van der Waals surface area contributed by atoms with E-state index in [2.05, 4.69) is 20.4 Å². The number of hydrogen-bond donors (Lipinski definition) is 1. The Kier molecular flexibility index (Phi) is 3.57. The molecule has 0 fully saturated rings. The Morgan fingerprint density at radius 2 is 2.17 bits per heavy atom. The lowest BCUT2D eigenvalue weighted by Gasteiger charge is -2.04. The Morgan fingerprint density at radius 1 is 1.44 bits per heavy atom. The summed E-state index contributed by atoms with van der Waals surface area (Å²) in [5.74, 6) is -0.0441. The third kappa shape index (κ3) is 2.48. The molecule has 0 saturated heterocycles. The predicted octanol–water partition coefficient (Wildman–Crippen LogP) is 1.68. The molecule has 0 radical (unpaired) electrons. The fourth-order valence-electron chi connectivity index (χ4n) is 1.57. The number of halogens is 1. The second-order valence-electron chi connectivity index (χ2n) is 3.67. The molecule has 0 bridgehead atoms. The molecule has 0 aliphatic rings. The summed E-state index contributed by atoms with van der Waals surface area (Å²) in [6.45, 7) is 1.94. The maximum absolute atomic E-state index is 12.1. The molecule has 0 saturated carbocycles. The molecule has 18 heavy (non-hydrogen) atoms. The first-order chi connectivity index (χ1) is 8.61. The van der Waals surface area contributed by atoms with Crippen molar-refractivity contribution in [2.75, 3.05) is 5.32 Å². The van der Waals surface area contributed by atoms with E-state index >= 15 is 0 Å². The van der Waals surface area contributed by atoms with Crippen LogP contribution in [-0.2, 0) is 13.5 Å². The lowest BCUT2D eigenvalue weighted by atomic mass is 10.2. The molecule has 0 aromatic carbocycles. The molecule has 2 rings (SSSR count). The van der Waals surface area contributed by atoms with Crippen molar-refractivity contribution in [2.24, 2.45) is 7.05 Å². The van der Waals surface area contributed by atoms with Gasteiger partial charge in [-0.25, -0.2) is 9.97 Å². The van der Waals surface area contributed by atoms with E-state index in [0.29, 0.717) is 12.0 Å². The topological polar surface area (TPSA) is 72.7 Å². The number of nitrogens with zero attached hydrogens (tertiary/aromatic N) is 4. The molecule has 2 aromatic rings. The Bertz CT molecular complexity index is 581. The van der Waals surface area contributed by atoms with Crippen LogP contribution in [-0.4, -0.2) is 25.7 Å². The SMILES string of the molecule is CCc1nn(C)cc1C(=O)Nc1nccnc1Cl. The standard InChI is InChI=1S/C11H12ClN5O/c1-3-8-7(6-17(2)16-8)11(18)15-10-9(12)13-4-5-14-10/h4-6H,3H2,1-2H3,(H,14,15,18). The van der Waals surface area contributed by atoms with Crippen LogP contribution in [0.15, 0.2) is 18.6 Å². The number of nitrogens with one attached hydrogen (secondary N) is 1. The van der Waals surface area contributed by atoms with Crippen molar-refractivity contribution >= 4 is 23.3 Å². The zero-order valence-corrected chi connectivity index (χ0v) is 10.8. The lowest BCUT2D eigenvalue weighted by molar-refractivity contribution is 0.102. The van der Waals surface area contributed by atoms with Crippen molar-refractivity contribution in [3.63, 3.8) is 0 Å². The summed E-state index contributed by atoms with van der Waals surface area (Å²) in [6, 6.07) is 0. The Hall–Kier alpha value is -1.95. The van der Waals surface area contributed by atoms with Crippen molar-refractivity contribution in [1.29, 1.82) is 0 Å². The lowest BCUT2D eigenvalue weighted by Crippen LogP contribution is -2.14. The third-order valence-electron chi connectivity index (χ3n) is 2.37. The molecular formula is C11H12ClN5O. The van der Waals surface area contributed by atoms with E-state index in [9.17, 15) is 4.79 Å². The summed E-state index contributed by atoms with van der Waals surface area (Å²) in [5.41, 5.74) is 1.25. The summed E-state index contributed by atoms with van der Waals surface area (Å²) in [4.78, 5) is 19.9. The number of carbonyl (C=O) groups excluding carboxylic acids is 1. The summed E-state index contributed by atoms with van der Waals surface area (Å²) in [5, 5.41) is 6.98. The first-order valence-electron chi connectivity index (χ1n) is 5.42. The molecule has 0 unspecified atom stereocenters. The van der Waals surface area contributed by atoms with Gasteiger partial charge in [-0.2, -0.15) is 5.10 Å². The van der Waals surface area contributed by atoms with Crippen LogP contribution in [0, 0.1) is 0 Å². The van der Waals surface area contributed by atoms with E-state index in [1.165, 1.54) is 12.4 Å². The van der Waals surface area contributed by atoms with Crippen LogP contribution in [0.5, 0.6) is 0 Å². The molecule has 6 nitrogen and oxygen atoms in total. The van der Waals surface area contributed by atoms with Gasteiger partial charge in [-0.05, 0) is 6.42 Å². The Labute approximate surface area is 109 Å². The van der Waals surface area contributed by atoms with Crippen molar-refractivity contribution < 1.29 is 4.79 Å². The smallest absolute Gasteiger partial charge is 0.260 e. The maximum atomic E-state index is 12.1. The number of hydrogen-bond acceptors (Lipinski definition) is 4. The molecule has 0 spiro atoms. The van der Waals surface area contributed by atoms with Gasteiger partial charge in [0, 0.05) is 25.6 Å². The molecule has 2 heterocycles. The van der Waals surface area contributed by atoms with Crippen molar-refractivity contribution in [2.45, 2.75) is 13.3 Å². The van der Waals surface area contributed by atoms with Gasteiger partial charge in [0.1, 0.15) is 0 Å². The predicted molar refractivity (Wildman–Crippen MR) is 67.6 cm³/mol. The highest BCUT2D eigenvalue weighted by Gasteiger charge is 2.16. The van der Waals surface area contributed by atoms with Crippen LogP contribution < -0.4 is 5.32 Å². The largest absolute Gasteiger partial charge is 0.304 e. The van der Waals surface area contributed by atoms with Crippen LogP contribution >= 0.6 is 11.6 Å². The number of rotatable bonds is 3. The highest BCUT2D eigenvalue weighted by atomic mass is 35.5. The van der Waals surface area contributed by atoms with Crippen LogP contribution in [0.3, 0.4) is 0 Å². The molecule has 2 aromatic heterocycles. The van der Waals surface area contributed by atoms with Gasteiger partial charge in [-0.15, -0.1) is 0 Å². The van der Waals surface area contributed by atoms with Crippen molar-refractivity contribution in [1.82, 2.24) is 19.7 Å². The molecule has 0 atom stereocenters. The van der Waals surface area contributed by atoms with E-state index in [1.807, 2.05) is 6.92 Å². The highest BCUT2D eigenvalue weighted by Crippen LogP contribution is 2.16. The molecular weight excluding hydrogens is 254 g/mol. The maximum Gasteiger partial charge on any atom is 0.260 e. The second kappa shape index (κ2) is 5.14. The average molecular weight is 266 g/mol. The van der Waals surface area contributed by atoms with Gasteiger partial charge in [-0.3, -0.25) is 9.48 Å². The molecule has 94 valence electrons. The second-order valence-corrected chi connectivity index (χ2v) is 4.02. The highest BCUT2D eigenvalue weighted by molar-refractivity contribution is 6.32. The average Bonchev–Trinajstić information content (AvgIpc) is 2.73. The van der Waals surface area contributed by atoms with E-state index in [4.69, 9.17) is 11.6 Å². The van der Waals surface area contributed by atoms with E-state index < -0.39 is 0 Å². The first kappa shape index (κ1) is 12.5. The zero-order valence-electron chi connectivity index (χ0n) is 10.0. The molecule has 0 aliphatic carbocycles. The minimum absolute atomic E-state index is 0.160. The van der Waals surface area contributed by atoms with E-state index in [-0.39, 0.29) is 16.9 Å². The van der Waals surface area contributed by atoms with Crippen LogP contribution in [0.2, 0.25) is 5.15 Å². The fraction of sp³-hybridized carbons (Fsp3) is 0.273. The molecule has 0 aliphatic heterocycles. The van der Waals surface area contributed by atoms with Gasteiger partial charge in [0.25, 0.3) is 5.91 Å². The molecule has 7 heteroatoms. The fourth-order valence-corrected chi connectivity index (χ4v) is 1.72. The minimum atomic E-state index is -0.289. The van der Waals surface area contributed by atoms with Gasteiger partial charge in [0.15, 0.2) is 11.0 Å². The van der Waals surface area contributed by atoms with Crippen molar-refractivity contribution in [3.8, 4) is 0 Å². The van der Waals surface area contributed by atoms with Gasteiger partial charge < -0.3 is 5.32 Å². The number of aromatic nitrogens is 4. The number of amides is 1. The summed E-state index contributed by atoms with van der Waals surface area (Å²) < 4.78 is 1.60. The van der Waals surface area contributed by atoms with E-state index in [0.717, 1.165) is 5.69 Å². The number of carbonyl (C=O) groups is 1. The summed E-state index contributed by atoms with van der Waals surface area (Å²) in [6.07, 6.45) is 5.27. The summed E-state index contributed by atoms with van der Waals surface area (Å²) in [7, 11) is 1.77. The van der Waals surface area contributed by atoms with E-state index in [1.54, 1.807) is 17.9 Å². The molecule has 1 amide bonds. The normalized spacial score (nSPS) is 10.4.